The second kappa shape index (κ2) is 14.2. The van der Waals surface area contributed by atoms with Crippen molar-refractivity contribution in [3.8, 4) is 0 Å². The fraction of sp³-hybridized carbons (Fsp3) is 0.812. The van der Waals surface area contributed by atoms with Gasteiger partial charge in [0.1, 0.15) is 12.2 Å². The van der Waals surface area contributed by atoms with E-state index in [2.05, 4.69) is 19.6 Å². The van der Waals surface area contributed by atoms with Gasteiger partial charge in [-0.25, -0.2) is 0 Å². The van der Waals surface area contributed by atoms with Crippen molar-refractivity contribution in [1.82, 2.24) is 0 Å². The first-order chi connectivity index (χ1) is 20.0. The topological polar surface area (TPSA) is 149 Å². The quantitative estimate of drug-likeness (QED) is 0.0805. The lowest BCUT2D eigenvalue weighted by molar-refractivity contribution is -0.175. The largest absolute Gasteiger partial charge is 0.463 e. The molecule has 0 bridgehead atoms. The summed E-state index contributed by atoms with van der Waals surface area (Å²) in [5.74, 6) is -7.44. The summed E-state index contributed by atoms with van der Waals surface area (Å²) in [6, 6.07) is 0.607. The van der Waals surface area contributed by atoms with Crippen molar-refractivity contribution in [2.24, 2.45) is 40.4 Å². The van der Waals surface area contributed by atoms with Crippen LogP contribution in [-0.4, -0.2) is 69.3 Å². The smallest absolute Gasteiger partial charge is 0.317 e. The van der Waals surface area contributed by atoms with Crippen LogP contribution >= 0.6 is 0 Å². The summed E-state index contributed by atoms with van der Waals surface area (Å²) in [5.41, 5.74) is -3.69. The first-order valence-corrected chi connectivity index (χ1v) is 19.2. The van der Waals surface area contributed by atoms with Gasteiger partial charge in [0.05, 0.1) is 41.1 Å². The molecule has 0 N–H and O–H groups in total. The van der Waals surface area contributed by atoms with E-state index in [1.54, 1.807) is 48.5 Å². The van der Waals surface area contributed by atoms with Crippen molar-refractivity contribution in [2.75, 3.05) is 19.8 Å². The third kappa shape index (κ3) is 9.70. The molecule has 2 fully saturated rings. The number of hydrogen-bond acceptors (Lipinski definition) is 11. The summed E-state index contributed by atoms with van der Waals surface area (Å²) in [5, 5.41) is 0. The second-order valence-electron chi connectivity index (χ2n) is 15.3. The molecule has 0 radical (unpaired) electrons. The highest BCUT2D eigenvalue weighted by Gasteiger charge is 2.55. The fourth-order valence-electron chi connectivity index (χ4n) is 6.51. The van der Waals surface area contributed by atoms with Crippen molar-refractivity contribution in [1.29, 1.82) is 0 Å². The van der Waals surface area contributed by atoms with E-state index in [1.807, 2.05) is 6.92 Å². The fourth-order valence-corrected chi connectivity index (χ4v) is 8.49. The summed E-state index contributed by atoms with van der Waals surface area (Å²) in [6.07, 6.45) is -0.0992. The maximum atomic E-state index is 14.0. The first kappa shape index (κ1) is 37.6. The third-order valence-electron chi connectivity index (χ3n) is 8.46. The molecule has 2 aliphatic rings. The number of carbonyl (C=O) groups is 6. The third-order valence-corrected chi connectivity index (χ3v) is 10.2. The van der Waals surface area contributed by atoms with E-state index in [9.17, 15) is 28.8 Å². The molecule has 5 unspecified atom stereocenters. The van der Waals surface area contributed by atoms with Gasteiger partial charge in [0.2, 0.25) is 0 Å². The Kier molecular flexibility index (Phi) is 12.1. The molecule has 0 aromatic rings. The van der Waals surface area contributed by atoms with Crippen LogP contribution in [0.4, 0.5) is 0 Å². The van der Waals surface area contributed by atoms with Crippen molar-refractivity contribution in [2.45, 2.75) is 106 Å². The second-order valence-corrected chi connectivity index (χ2v) is 20.8. The van der Waals surface area contributed by atoms with E-state index in [-0.39, 0.29) is 32.5 Å². The average Bonchev–Trinajstić information content (AvgIpc) is 3.25. The predicted molar refractivity (Wildman–Crippen MR) is 163 cm³/mol. The molecule has 0 spiro atoms. The maximum Gasteiger partial charge on any atom is 0.317 e. The molecule has 0 amide bonds. The van der Waals surface area contributed by atoms with Crippen molar-refractivity contribution < 1.29 is 52.5 Å². The zero-order valence-corrected chi connectivity index (χ0v) is 29.3. The molecule has 2 rings (SSSR count). The molecule has 12 heteroatoms. The maximum absolute atomic E-state index is 14.0. The van der Waals surface area contributed by atoms with Crippen LogP contribution in [0, 0.1) is 40.4 Å². The molecular formula is C32H52O11Si. The summed E-state index contributed by atoms with van der Waals surface area (Å²) < 4.78 is 26.8. The van der Waals surface area contributed by atoms with Crippen LogP contribution in [0.1, 0.15) is 74.7 Å². The summed E-state index contributed by atoms with van der Waals surface area (Å²) in [6.45, 7) is 20.5. The Morgan fingerprint density at radius 1 is 0.818 bits per heavy atom. The molecule has 7 atom stereocenters. The molecule has 11 nitrogen and oxygen atoms in total. The highest BCUT2D eigenvalue weighted by Crippen LogP contribution is 2.49. The van der Waals surface area contributed by atoms with Crippen LogP contribution in [0.25, 0.3) is 0 Å². The van der Waals surface area contributed by atoms with Crippen LogP contribution in [0.5, 0.6) is 0 Å². The van der Waals surface area contributed by atoms with E-state index in [1.165, 1.54) is 0 Å². The Bertz CT molecular complexity index is 1120. The van der Waals surface area contributed by atoms with Gasteiger partial charge in [-0.05, 0) is 66.7 Å². The number of hydrogen-bond donors (Lipinski definition) is 0. The monoisotopic (exact) mass is 640 g/mol. The van der Waals surface area contributed by atoms with E-state index in [0.29, 0.717) is 12.7 Å². The van der Waals surface area contributed by atoms with Crippen LogP contribution in [0.15, 0.2) is 0 Å². The Morgan fingerprint density at radius 2 is 1.39 bits per heavy atom. The van der Waals surface area contributed by atoms with Crippen molar-refractivity contribution in [3.05, 3.63) is 0 Å². The molecule has 44 heavy (non-hydrogen) atoms. The minimum Gasteiger partial charge on any atom is -0.463 e. The summed E-state index contributed by atoms with van der Waals surface area (Å²) in [7, 11) is -1.89. The van der Waals surface area contributed by atoms with Crippen LogP contribution in [-0.2, 0) is 52.5 Å². The van der Waals surface area contributed by atoms with Gasteiger partial charge >= 0.3 is 35.8 Å². The van der Waals surface area contributed by atoms with Gasteiger partial charge in [-0.3, -0.25) is 28.8 Å². The minimum absolute atomic E-state index is 0.0229. The normalized spacial score (nSPS) is 26.0. The number of esters is 6. The molecule has 250 valence electrons. The lowest BCUT2D eigenvalue weighted by Crippen LogP contribution is -2.46. The summed E-state index contributed by atoms with van der Waals surface area (Å²) >= 11 is 0. The van der Waals surface area contributed by atoms with E-state index >= 15 is 0 Å². The number of carbonyl (C=O) groups excluding carboxylic acids is 6. The van der Waals surface area contributed by atoms with E-state index in [0.717, 1.165) is 0 Å². The minimum atomic E-state index is -1.89. The Labute approximate surface area is 262 Å². The number of cyclic esters (lactones) is 4. The van der Waals surface area contributed by atoms with E-state index < -0.39 is 89.9 Å². The standard InChI is InChI=1S/C32H52O11Si/c1-12-39-13-14-40-28(37)31(7,15-21(17-44(9,10)11)23-20(3)25(34)42-27(23)36)18-32(8,29(38)43-30(4,5)6)16-22-19(2)24(33)41-26(22)35/h19-23H,12-18H2,1-11H3/t19-,20-,21?,22?,23?,31?,32?/m1/s1. The molecule has 0 aromatic heterocycles. The molecule has 2 aliphatic heterocycles. The highest BCUT2D eigenvalue weighted by molar-refractivity contribution is 6.76. The Balaban J connectivity index is 2.63. The predicted octanol–water partition coefficient (Wildman–Crippen LogP) is 4.72. The van der Waals surface area contributed by atoms with Crippen molar-refractivity contribution >= 4 is 43.9 Å². The molecule has 2 saturated heterocycles. The lowest BCUT2D eigenvalue weighted by Gasteiger charge is -2.41. The number of ether oxygens (including phenoxy) is 5. The highest BCUT2D eigenvalue weighted by atomic mass is 28.3. The van der Waals surface area contributed by atoms with E-state index in [4.69, 9.17) is 23.7 Å². The van der Waals surface area contributed by atoms with Crippen LogP contribution < -0.4 is 0 Å². The van der Waals surface area contributed by atoms with Crippen molar-refractivity contribution in [3.63, 3.8) is 0 Å². The zero-order chi connectivity index (χ0) is 33.8. The van der Waals surface area contributed by atoms with Gasteiger partial charge in [-0.2, -0.15) is 0 Å². The van der Waals surface area contributed by atoms with Crippen LogP contribution in [0.2, 0.25) is 25.7 Å². The van der Waals surface area contributed by atoms with Gasteiger partial charge in [-0.15, -0.1) is 0 Å². The first-order valence-electron chi connectivity index (χ1n) is 15.5. The van der Waals surface area contributed by atoms with Gasteiger partial charge in [0.15, 0.2) is 0 Å². The van der Waals surface area contributed by atoms with Gasteiger partial charge in [0, 0.05) is 14.7 Å². The van der Waals surface area contributed by atoms with Gasteiger partial charge in [-0.1, -0.05) is 39.5 Å². The molecule has 0 saturated carbocycles. The zero-order valence-electron chi connectivity index (χ0n) is 28.3. The average molecular weight is 641 g/mol. The lowest BCUT2D eigenvalue weighted by atomic mass is 9.64. The van der Waals surface area contributed by atoms with Gasteiger partial charge in [0.25, 0.3) is 0 Å². The SMILES string of the molecule is CCOCCOC(=O)C(C)(CC(C[Si](C)(C)C)C1C(=O)OC(=O)[C@@H]1C)CC(C)(CC1C(=O)OC(=O)[C@@H]1C)C(=O)OC(C)(C)C. The molecular weight excluding hydrogens is 588 g/mol. The molecule has 0 aliphatic carbocycles. The molecule has 2 heterocycles. The summed E-state index contributed by atoms with van der Waals surface area (Å²) in [4.78, 5) is 78.3. The Morgan fingerprint density at radius 3 is 1.84 bits per heavy atom. The Hall–Kier alpha value is -2.60. The molecule has 0 aromatic carbocycles. The number of rotatable bonds is 15. The van der Waals surface area contributed by atoms with Gasteiger partial charge < -0.3 is 23.7 Å². The van der Waals surface area contributed by atoms with Crippen LogP contribution in [0.3, 0.4) is 0 Å².